The van der Waals surface area contributed by atoms with Crippen LogP contribution >= 0.6 is 31.9 Å². The molecule has 32 heavy (non-hydrogen) atoms. The van der Waals surface area contributed by atoms with Crippen LogP contribution in [0.15, 0.2) is 83.3 Å². The zero-order valence-corrected chi connectivity index (χ0v) is 20.4. The Morgan fingerprint density at radius 3 is 1.94 bits per heavy atom. The number of hydrogen-bond donors (Lipinski definition) is 0. The van der Waals surface area contributed by atoms with E-state index < -0.39 is 0 Å². The summed E-state index contributed by atoms with van der Waals surface area (Å²) in [5, 5.41) is 2.78. The highest BCUT2D eigenvalue weighted by molar-refractivity contribution is 9.10. The largest absolute Gasteiger partial charge is 0.455 e. The van der Waals surface area contributed by atoms with Gasteiger partial charge in [-0.25, -0.2) is 0 Å². The van der Waals surface area contributed by atoms with Gasteiger partial charge in [0, 0.05) is 23.1 Å². The summed E-state index contributed by atoms with van der Waals surface area (Å²) < 4.78 is 19.7. The lowest BCUT2D eigenvalue weighted by Gasteiger charge is -2.21. The van der Waals surface area contributed by atoms with Crippen molar-refractivity contribution in [2.24, 2.45) is 0 Å². The lowest BCUT2D eigenvalue weighted by atomic mass is 9.82. The van der Waals surface area contributed by atoms with Crippen LogP contribution in [-0.4, -0.2) is 0 Å². The topological polar surface area (TPSA) is 39.4 Å². The molecule has 0 spiro atoms. The molecule has 3 aromatic carbocycles. The van der Waals surface area contributed by atoms with E-state index in [0.717, 1.165) is 44.2 Å². The Bertz CT molecular complexity index is 1660. The van der Waals surface area contributed by atoms with Gasteiger partial charge in [0.1, 0.15) is 11.3 Å². The van der Waals surface area contributed by atoms with Gasteiger partial charge in [-0.1, -0.05) is 50.2 Å². The molecule has 0 atom stereocenters. The third kappa shape index (κ3) is 2.36. The van der Waals surface area contributed by atoms with E-state index in [0.29, 0.717) is 9.34 Å². The average molecular weight is 548 g/mol. The highest BCUT2D eigenvalue weighted by Gasteiger charge is 2.35. The van der Waals surface area contributed by atoms with E-state index >= 15 is 0 Å². The van der Waals surface area contributed by atoms with Gasteiger partial charge in [-0.15, -0.1) is 0 Å². The molecule has 6 aromatic rings. The lowest BCUT2D eigenvalue weighted by Crippen LogP contribution is -2.14. The van der Waals surface area contributed by atoms with Crippen LogP contribution in [0, 0.1) is 0 Å². The van der Waals surface area contributed by atoms with Crippen molar-refractivity contribution in [3.05, 3.63) is 81.1 Å². The SMILES string of the molecule is CC1(C)c2ccccc2-c2ccc(-c3cc4c5oc(Br)cc5c5oc(Br)cc5c4o3)cc21. The number of halogens is 2. The number of furan rings is 3. The Hall–Kier alpha value is -2.76. The fourth-order valence-electron chi connectivity index (χ4n) is 5.22. The molecule has 0 saturated carbocycles. The van der Waals surface area contributed by atoms with E-state index in [1.54, 1.807) is 0 Å². The molecule has 0 amide bonds. The molecule has 3 heterocycles. The fourth-order valence-corrected chi connectivity index (χ4v) is 6.00. The van der Waals surface area contributed by atoms with Gasteiger partial charge in [0.25, 0.3) is 0 Å². The highest BCUT2D eigenvalue weighted by atomic mass is 79.9. The molecule has 0 bridgehead atoms. The number of hydrogen-bond acceptors (Lipinski definition) is 3. The summed E-state index contributed by atoms with van der Waals surface area (Å²) in [4.78, 5) is 0. The van der Waals surface area contributed by atoms with Gasteiger partial charge in [-0.2, -0.15) is 0 Å². The highest BCUT2D eigenvalue weighted by Crippen LogP contribution is 2.50. The van der Waals surface area contributed by atoms with Crippen LogP contribution in [0.2, 0.25) is 0 Å². The van der Waals surface area contributed by atoms with Crippen LogP contribution in [0.3, 0.4) is 0 Å². The zero-order valence-electron chi connectivity index (χ0n) is 17.3. The second-order valence-corrected chi connectivity index (χ2v) is 10.4. The van der Waals surface area contributed by atoms with Crippen molar-refractivity contribution in [2.45, 2.75) is 19.3 Å². The molecule has 0 aliphatic heterocycles. The molecule has 5 heteroatoms. The van der Waals surface area contributed by atoms with Crippen LogP contribution in [0.25, 0.3) is 55.4 Å². The molecule has 3 nitrogen and oxygen atoms in total. The molecule has 0 N–H and O–H groups in total. The Morgan fingerprint density at radius 1 is 0.625 bits per heavy atom. The van der Waals surface area contributed by atoms with Crippen LogP contribution < -0.4 is 0 Å². The van der Waals surface area contributed by atoms with E-state index in [2.05, 4.69) is 94.2 Å². The van der Waals surface area contributed by atoms with Gasteiger partial charge in [0.2, 0.25) is 0 Å². The average Bonchev–Trinajstić information content (AvgIpc) is 3.52. The Labute approximate surface area is 200 Å². The molecular formula is C27H16Br2O3. The Morgan fingerprint density at radius 2 is 1.22 bits per heavy atom. The number of fused-ring (bicyclic) bond motifs is 9. The van der Waals surface area contributed by atoms with Gasteiger partial charge in [0.15, 0.2) is 20.5 Å². The first-order chi connectivity index (χ1) is 15.4. The summed E-state index contributed by atoms with van der Waals surface area (Å²) >= 11 is 6.93. The normalized spacial score (nSPS) is 14.5. The number of rotatable bonds is 1. The third-order valence-electron chi connectivity index (χ3n) is 6.74. The van der Waals surface area contributed by atoms with Crippen molar-refractivity contribution in [1.82, 2.24) is 0 Å². The second kappa shape index (κ2) is 6.18. The minimum absolute atomic E-state index is 0.0597. The standard InChI is InChI=1S/C27H16Br2O3/c1-27(2)19-6-4-3-5-14(19)15-8-7-13(9-20(15)27)21-10-16-24(30-21)17-11-22(28)32-26(17)18-12-23(29)31-25(16)18/h3-12H,1-2H3. The molecule has 1 aliphatic rings. The van der Waals surface area contributed by atoms with Gasteiger partial charge < -0.3 is 13.3 Å². The van der Waals surface area contributed by atoms with Crippen LogP contribution in [0.1, 0.15) is 25.0 Å². The molecule has 7 rings (SSSR count). The van der Waals surface area contributed by atoms with E-state index in [9.17, 15) is 0 Å². The summed E-state index contributed by atoms with van der Waals surface area (Å²) in [5.41, 5.74) is 8.56. The van der Waals surface area contributed by atoms with Crippen molar-refractivity contribution in [3.8, 4) is 22.5 Å². The van der Waals surface area contributed by atoms with Crippen molar-refractivity contribution < 1.29 is 13.3 Å². The van der Waals surface area contributed by atoms with Crippen LogP contribution in [0.5, 0.6) is 0 Å². The maximum Gasteiger partial charge on any atom is 0.170 e. The van der Waals surface area contributed by atoms with Crippen LogP contribution in [-0.2, 0) is 5.41 Å². The molecule has 1 aliphatic carbocycles. The molecule has 3 aromatic heterocycles. The Kier molecular flexibility index (Phi) is 3.63. The molecule has 0 saturated heterocycles. The van der Waals surface area contributed by atoms with Crippen molar-refractivity contribution in [2.75, 3.05) is 0 Å². The van der Waals surface area contributed by atoms with E-state index in [4.69, 9.17) is 13.3 Å². The summed E-state index contributed by atoms with van der Waals surface area (Å²) in [6.45, 7) is 4.58. The second-order valence-electron chi connectivity index (χ2n) is 8.87. The monoisotopic (exact) mass is 546 g/mol. The maximum atomic E-state index is 6.45. The first-order valence-electron chi connectivity index (χ1n) is 10.4. The fraction of sp³-hybridized carbons (Fsp3) is 0.111. The van der Waals surface area contributed by atoms with E-state index in [1.165, 1.54) is 22.3 Å². The maximum absolute atomic E-state index is 6.45. The molecule has 0 unspecified atom stereocenters. The molecule has 156 valence electrons. The molecule has 0 fully saturated rings. The Balaban J connectivity index is 1.50. The summed E-state index contributed by atoms with van der Waals surface area (Å²) in [6, 6.07) is 21.3. The minimum Gasteiger partial charge on any atom is -0.455 e. The zero-order chi connectivity index (χ0) is 21.8. The predicted octanol–water partition coefficient (Wildman–Crippen LogP) is 9.42. The van der Waals surface area contributed by atoms with Gasteiger partial charge in [-0.05, 0) is 66.2 Å². The van der Waals surface area contributed by atoms with E-state index in [-0.39, 0.29) is 5.41 Å². The van der Waals surface area contributed by atoms with Gasteiger partial charge >= 0.3 is 0 Å². The predicted molar refractivity (Wildman–Crippen MR) is 134 cm³/mol. The molecular weight excluding hydrogens is 532 g/mol. The summed E-state index contributed by atoms with van der Waals surface area (Å²) in [7, 11) is 0. The van der Waals surface area contributed by atoms with Gasteiger partial charge in [0.05, 0.1) is 16.2 Å². The quantitative estimate of drug-likeness (QED) is 0.206. The smallest absolute Gasteiger partial charge is 0.170 e. The van der Waals surface area contributed by atoms with Crippen molar-refractivity contribution in [1.29, 1.82) is 0 Å². The number of benzene rings is 3. The first-order valence-corrected chi connectivity index (χ1v) is 12.0. The third-order valence-corrected chi connectivity index (χ3v) is 7.52. The molecule has 0 radical (unpaired) electrons. The lowest BCUT2D eigenvalue weighted by molar-refractivity contribution is 0.585. The minimum atomic E-state index is -0.0597. The first kappa shape index (κ1) is 18.8. The summed E-state index contributed by atoms with van der Waals surface area (Å²) in [6.07, 6.45) is 0. The van der Waals surface area contributed by atoms with Crippen LogP contribution in [0.4, 0.5) is 0 Å². The van der Waals surface area contributed by atoms with Gasteiger partial charge in [-0.3, -0.25) is 0 Å². The summed E-state index contributed by atoms with van der Waals surface area (Å²) in [5.74, 6) is 0.813. The van der Waals surface area contributed by atoms with Crippen molar-refractivity contribution in [3.63, 3.8) is 0 Å². The van der Waals surface area contributed by atoms with E-state index in [1.807, 2.05) is 12.1 Å². The van der Waals surface area contributed by atoms with Crippen molar-refractivity contribution >= 4 is 64.8 Å².